The predicted octanol–water partition coefficient (Wildman–Crippen LogP) is 2.47. The Hall–Kier alpha value is -2.36. The van der Waals surface area contributed by atoms with Crippen LogP contribution in [0, 0.1) is 0 Å². The van der Waals surface area contributed by atoms with E-state index >= 15 is 0 Å². The van der Waals surface area contributed by atoms with Gasteiger partial charge in [0.1, 0.15) is 0 Å². The van der Waals surface area contributed by atoms with Crippen molar-refractivity contribution in [3.63, 3.8) is 0 Å². The first-order valence-electron chi connectivity index (χ1n) is 6.69. The van der Waals surface area contributed by atoms with Crippen LogP contribution < -0.4 is 11.1 Å². The van der Waals surface area contributed by atoms with Crippen molar-refractivity contribution in [2.45, 2.75) is 25.8 Å². The molecule has 2 aromatic rings. The van der Waals surface area contributed by atoms with Crippen LogP contribution in [0.4, 0.5) is 5.69 Å². The SMILES string of the molecule is CC(NC(=O)CCc1ccc(N)cc1)c1cccnc1. The molecule has 2 rings (SSSR count). The van der Waals surface area contributed by atoms with Gasteiger partial charge in [0.2, 0.25) is 5.91 Å². The first kappa shape index (κ1) is 14.1. The molecule has 3 N–H and O–H groups in total. The van der Waals surface area contributed by atoms with Gasteiger partial charge in [-0.05, 0) is 42.7 Å². The molecule has 0 fully saturated rings. The Balaban J connectivity index is 1.82. The quantitative estimate of drug-likeness (QED) is 0.819. The van der Waals surface area contributed by atoms with Gasteiger partial charge in [-0.3, -0.25) is 9.78 Å². The van der Waals surface area contributed by atoms with Crippen LogP contribution in [-0.4, -0.2) is 10.9 Å². The summed E-state index contributed by atoms with van der Waals surface area (Å²) < 4.78 is 0. The van der Waals surface area contributed by atoms with E-state index < -0.39 is 0 Å². The summed E-state index contributed by atoms with van der Waals surface area (Å²) in [5, 5.41) is 2.97. The third-order valence-electron chi connectivity index (χ3n) is 3.18. The van der Waals surface area contributed by atoms with Gasteiger partial charge in [0.25, 0.3) is 0 Å². The van der Waals surface area contributed by atoms with Crippen LogP contribution in [0.2, 0.25) is 0 Å². The van der Waals surface area contributed by atoms with Gasteiger partial charge in [0.05, 0.1) is 6.04 Å². The zero-order valence-electron chi connectivity index (χ0n) is 11.5. The highest BCUT2D eigenvalue weighted by Gasteiger charge is 2.09. The van der Waals surface area contributed by atoms with E-state index in [0.29, 0.717) is 12.8 Å². The molecule has 4 heteroatoms. The summed E-state index contributed by atoms with van der Waals surface area (Å²) in [4.78, 5) is 16.0. The van der Waals surface area contributed by atoms with E-state index in [1.54, 1.807) is 12.4 Å². The molecule has 0 saturated heterocycles. The van der Waals surface area contributed by atoms with Gasteiger partial charge in [0.15, 0.2) is 0 Å². The second-order valence-electron chi connectivity index (χ2n) is 4.82. The molecule has 1 aromatic carbocycles. The van der Waals surface area contributed by atoms with Crippen molar-refractivity contribution in [1.29, 1.82) is 0 Å². The van der Waals surface area contributed by atoms with Crippen molar-refractivity contribution < 1.29 is 4.79 Å². The molecule has 0 radical (unpaired) electrons. The molecule has 0 aliphatic carbocycles. The maximum Gasteiger partial charge on any atom is 0.220 e. The van der Waals surface area contributed by atoms with E-state index in [1.807, 2.05) is 43.3 Å². The van der Waals surface area contributed by atoms with E-state index in [0.717, 1.165) is 16.8 Å². The van der Waals surface area contributed by atoms with Crippen LogP contribution >= 0.6 is 0 Å². The lowest BCUT2D eigenvalue weighted by atomic mass is 10.1. The Morgan fingerprint density at radius 1 is 1.30 bits per heavy atom. The Labute approximate surface area is 119 Å². The number of carbonyl (C=O) groups is 1. The number of rotatable bonds is 5. The maximum absolute atomic E-state index is 11.9. The minimum Gasteiger partial charge on any atom is -0.399 e. The van der Waals surface area contributed by atoms with Crippen molar-refractivity contribution in [3.05, 3.63) is 59.9 Å². The van der Waals surface area contributed by atoms with E-state index in [-0.39, 0.29) is 11.9 Å². The van der Waals surface area contributed by atoms with Gasteiger partial charge in [0, 0.05) is 24.5 Å². The highest BCUT2D eigenvalue weighted by molar-refractivity contribution is 5.76. The number of nitrogens with one attached hydrogen (secondary N) is 1. The number of nitrogen functional groups attached to an aromatic ring is 1. The number of nitrogens with zero attached hydrogens (tertiary/aromatic N) is 1. The van der Waals surface area contributed by atoms with Crippen molar-refractivity contribution in [2.24, 2.45) is 0 Å². The van der Waals surface area contributed by atoms with Crippen LogP contribution in [0.1, 0.15) is 30.5 Å². The van der Waals surface area contributed by atoms with E-state index in [2.05, 4.69) is 10.3 Å². The Bertz CT molecular complexity index is 552. The molecule has 1 aromatic heterocycles. The Morgan fingerprint density at radius 3 is 2.70 bits per heavy atom. The average molecular weight is 269 g/mol. The number of hydrogen-bond donors (Lipinski definition) is 2. The molecule has 0 aliphatic heterocycles. The predicted molar refractivity (Wildman–Crippen MR) is 80.0 cm³/mol. The normalized spacial score (nSPS) is 11.8. The smallest absolute Gasteiger partial charge is 0.220 e. The standard InChI is InChI=1S/C16H19N3O/c1-12(14-3-2-10-18-11-14)19-16(20)9-6-13-4-7-15(17)8-5-13/h2-5,7-8,10-12H,6,9,17H2,1H3,(H,19,20). The molecule has 0 spiro atoms. The van der Waals surface area contributed by atoms with E-state index in [1.165, 1.54) is 0 Å². The van der Waals surface area contributed by atoms with Gasteiger partial charge in [-0.1, -0.05) is 18.2 Å². The molecular weight excluding hydrogens is 250 g/mol. The van der Waals surface area contributed by atoms with Crippen molar-refractivity contribution >= 4 is 11.6 Å². The lowest BCUT2D eigenvalue weighted by Gasteiger charge is -2.13. The zero-order valence-corrected chi connectivity index (χ0v) is 11.5. The van der Waals surface area contributed by atoms with Crippen LogP contribution in [0.15, 0.2) is 48.8 Å². The van der Waals surface area contributed by atoms with Crippen LogP contribution in [-0.2, 0) is 11.2 Å². The summed E-state index contributed by atoms with van der Waals surface area (Å²) in [5.74, 6) is 0.0400. The molecule has 1 amide bonds. The van der Waals surface area contributed by atoms with Crippen LogP contribution in [0.3, 0.4) is 0 Å². The summed E-state index contributed by atoms with van der Waals surface area (Å²) >= 11 is 0. The van der Waals surface area contributed by atoms with Gasteiger partial charge < -0.3 is 11.1 Å². The van der Waals surface area contributed by atoms with E-state index in [9.17, 15) is 4.79 Å². The third kappa shape index (κ3) is 4.09. The fraction of sp³-hybridized carbons (Fsp3) is 0.250. The molecule has 0 bridgehead atoms. The number of aromatic nitrogens is 1. The molecule has 1 atom stereocenters. The number of amides is 1. The molecule has 20 heavy (non-hydrogen) atoms. The van der Waals surface area contributed by atoms with Crippen LogP contribution in [0.25, 0.3) is 0 Å². The number of anilines is 1. The largest absolute Gasteiger partial charge is 0.399 e. The lowest BCUT2D eigenvalue weighted by Crippen LogP contribution is -2.26. The molecule has 4 nitrogen and oxygen atoms in total. The fourth-order valence-electron chi connectivity index (χ4n) is 1.97. The van der Waals surface area contributed by atoms with Gasteiger partial charge >= 0.3 is 0 Å². The van der Waals surface area contributed by atoms with Crippen molar-refractivity contribution in [1.82, 2.24) is 10.3 Å². The van der Waals surface area contributed by atoms with Crippen molar-refractivity contribution in [2.75, 3.05) is 5.73 Å². The van der Waals surface area contributed by atoms with E-state index in [4.69, 9.17) is 5.73 Å². The Morgan fingerprint density at radius 2 is 2.05 bits per heavy atom. The number of nitrogens with two attached hydrogens (primary N) is 1. The van der Waals surface area contributed by atoms with Crippen molar-refractivity contribution in [3.8, 4) is 0 Å². The number of benzene rings is 1. The second-order valence-corrected chi connectivity index (χ2v) is 4.82. The highest BCUT2D eigenvalue weighted by atomic mass is 16.1. The first-order chi connectivity index (χ1) is 9.65. The Kier molecular flexibility index (Phi) is 4.71. The summed E-state index contributed by atoms with van der Waals surface area (Å²) in [7, 11) is 0. The molecule has 1 heterocycles. The topological polar surface area (TPSA) is 68.0 Å². The number of aryl methyl sites for hydroxylation is 1. The minimum atomic E-state index is -0.0254. The monoisotopic (exact) mass is 269 g/mol. The summed E-state index contributed by atoms with van der Waals surface area (Å²) in [5.41, 5.74) is 8.49. The first-order valence-corrected chi connectivity index (χ1v) is 6.69. The highest BCUT2D eigenvalue weighted by Crippen LogP contribution is 2.11. The summed E-state index contributed by atoms with van der Waals surface area (Å²) in [6, 6.07) is 11.4. The van der Waals surface area contributed by atoms with Crippen LogP contribution in [0.5, 0.6) is 0 Å². The fourth-order valence-corrected chi connectivity index (χ4v) is 1.97. The second kappa shape index (κ2) is 6.70. The summed E-state index contributed by atoms with van der Waals surface area (Å²) in [6.07, 6.45) is 4.67. The lowest BCUT2D eigenvalue weighted by molar-refractivity contribution is -0.121. The number of carbonyl (C=O) groups excluding carboxylic acids is 1. The molecule has 0 aliphatic rings. The summed E-state index contributed by atoms with van der Waals surface area (Å²) in [6.45, 7) is 1.96. The van der Waals surface area contributed by atoms with Gasteiger partial charge in [-0.2, -0.15) is 0 Å². The average Bonchev–Trinajstić information content (AvgIpc) is 2.47. The maximum atomic E-state index is 11.9. The molecule has 1 unspecified atom stereocenters. The third-order valence-corrected chi connectivity index (χ3v) is 3.18. The van der Waals surface area contributed by atoms with Gasteiger partial charge in [-0.25, -0.2) is 0 Å². The number of pyridine rings is 1. The minimum absolute atomic E-state index is 0.0254. The molecule has 0 saturated carbocycles. The number of hydrogen-bond acceptors (Lipinski definition) is 3. The molecular formula is C16H19N3O. The van der Waals surface area contributed by atoms with Gasteiger partial charge in [-0.15, -0.1) is 0 Å². The molecule has 104 valence electrons. The zero-order chi connectivity index (χ0) is 14.4.